The van der Waals surface area contributed by atoms with Crippen LogP contribution in [0.25, 0.3) is 11.0 Å². The van der Waals surface area contributed by atoms with Gasteiger partial charge in [0, 0.05) is 38.0 Å². The number of benzene rings is 2. The van der Waals surface area contributed by atoms with Crippen LogP contribution in [0.5, 0.6) is 0 Å². The lowest BCUT2D eigenvalue weighted by atomic mass is 10.0. The molecule has 1 amide bonds. The molecule has 1 saturated heterocycles. The van der Waals surface area contributed by atoms with E-state index in [4.69, 9.17) is 10.00 Å². The number of aromatic nitrogens is 2. The van der Waals surface area contributed by atoms with E-state index in [9.17, 15) is 18.0 Å². The van der Waals surface area contributed by atoms with E-state index in [0.717, 1.165) is 17.1 Å². The third-order valence-corrected chi connectivity index (χ3v) is 5.56. The fourth-order valence-electron chi connectivity index (χ4n) is 3.99. The van der Waals surface area contributed by atoms with Crippen molar-refractivity contribution in [2.45, 2.75) is 12.2 Å². The number of halogens is 3. The van der Waals surface area contributed by atoms with Crippen LogP contribution in [0.4, 0.5) is 18.9 Å². The molecule has 1 unspecified atom stereocenters. The SMILES string of the molecule is COCC1CN(c2ccc(C#N)c(C(F)(F)F)c2)CCN1C(=O)c1ccc2nc[nH]c2c1. The molecule has 1 aromatic heterocycles. The van der Waals surface area contributed by atoms with Crippen molar-refractivity contribution < 1.29 is 22.7 Å². The Morgan fingerprint density at radius 3 is 2.81 bits per heavy atom. The molecule has 0 radical (unpaired) electrons. The first-order valence-corrected chi connectivity index (χ1v) is 9.91. The van der Waals surface area contributed by atoms with Gasteiger partial charge in [-0.2, -0.15) is 18.4 Å². The maximum atomic E-state index is 13.4. The number of carbonyl (C=O) groups excluding carboxylic acids is 1. The molecule has 2 aromatic carbocycles. The molecule has 7 nitrogen and oxygen atoms in total. The highest BCUT2D eigenvalue weighted by Gasteiger charge is 2.36. The van der Waals surface area contributed by atoms with Crippen LogP contribution in [-0.4, -0.2) is 60.2 Å². The molecule has 32 heavy (non-hydrogen) atoms. The topological polar surface area (TPSA) is 85.2 Å². The van der Waals surface area contributed by atoms with E-state index in [2.05, 4.69) is 9.97 Å². The van der Waals surface area contributed by atoms with Gasteiger partial charge < -0.3 is 19.5 Å². The fourth-order valence-corrected chi connectivity index (χ4v) is 3.99. The van der Waals surface area contributed by atoms with Gasteiger partial charge in [0.2, 0.25) is 0 Å². The highest BCUT2D eigenvalue weighted by Crippen LogP contribution is 2.35. The number of hydrogen-bond donors (Lipinski definition) is 1. The zero-order valence-electron chi connectivity index (χ0n) is 17.2. The Morgan fingerprint density at radius 1 is 1.28 bits per heavy atom. The van der Waals surface area contributed by atoms with Crippen molar-refractivity contribution in [2.75, 3.05) is 38.3 Å². The molecule has 1 atom stereocenters. The molecule has 0 spiro atoms. The number of H-pyrrole nitrogens is 1. The van der Waals surface area contributed by atoms with Crippen LogP contribution in [0.2, 0.25) is 0 Å². The van der Waals surface area contributed by atoms with Crippen LogP contribution in [-0.2, 0) is 10.9 Å². The molecular weight excluding hydrogens is 423 g/mol. The van der Waals surface area contributed by atoms with Crippen molar-refractivity contribution in [1.29, 1.82) is 5.26 Å². The number of anilines is 1. The van der Waals surface area contributed by atoms with Crippen molar-refractivity contribution in [1.82, 2.24) is 14.9 Å². The van der Waals surface area contributed by atoms with Gasteiger partial charge in [-0.3, -0.25) is 4.79 Å². The standard InChI is InChI=1S/C22H20F3N5O2/c1-32-12-17-11-29(16-4-2-15(10-26)18(9-16)22(23,24)25)6-7-30(17)21(31)14-3-5-19-20(8-14)28-13-27-19/h2-5,8-9,13,17H,6-7,11-12H2,1H3,(H,27,28). The Hall–Kier alpha value is -3.58. The smallest absolute Gasteiger partial charge is 0.382 e. The molecule has 3 aromatic rings. The molecule has 0 saturated carbocycles. The van der Waals surface area contributed by atoms with Gasteiger partial charge in [0.05, 0.1) is 47.2 Å². The van der Waals surface area contributed by atoms with Crippen LogP contribution in [0, 0.1) is 11.3 Å². The average molecular weight is 443 g/mol. The first kappa shape index (κ1) is 21.6. The number of fused-ring (bicyclic) bond motifs is 1. The van der Waals surface area contributed by atoms with E-state index in [1.165, 1.54) is 19.2 Å². The Balaban J connectivity index is 1.58. The van der Waals surface area contributed by atoms with E-state index in [0.29, 0.717) is 30.9 Å². The van der Waals surface area contributed by atoms with Crippen LogP contribution in [0.1, 0.15) is 21.5 Å². The lowest BCUT2D eigenvalue weighted by Gasteiger charge is -2.42. The predicted molar refractivity (Wildman–Crippen MR) is 111 cm³/mol. The first-order valence-electron chi connectivity index (χ1n) is 9.91. The summed E-state index contributed by atoms with van der Waals surface area (Å²) in [6.45, 7) is 1.20. The summed E-state index contributed by atoms with van der Waals surface area (Å²) in [7, 11) is 1.52. The molecule has 1 N–H and O–H groups in total. The number of amides is 1. The number of imidazole rings is 1. The maximum absolute atomic E-state index is 13.4. The number of nitrogens with zero attached hydrogens (tertiary/aromatic N) is 4. The molecule has 0 bridgehead atoms. The molecule has 10 heteroatoms. The quantitative estimate of drug-likeness (QED) is 0.668. The molecular formula is C22H20F3N5O2. The molecule has 2 heterocycles. The summed E-state index contributed by atoms with van der Waals surface area (Å²) in [6.07, 6.45) is -3.08. The van der Waals surface area contributed by atoms with Crippen molar-refractivity contribution in [3.05, 3.63) is 59.4 Å². The van der Waals surface area contributed by atoms with Crippen LogP contribution in [0.3, 0.4) is 0 Å². The number of carbonyl (C=O) groups is 1. The summed E-state index contributed by atoms with van der Waals surface area (Å²) >= 11 is 0. The number of rotatable bonds is 4. The fraction of sp³-hybridized carbons (Fsp3) is 0.318. The second-order valence-electron chi connectivity index (χ2n) is 7.53. The Bertz CT molecular complexity index is 1180. The third-order valence-electron chi connectivity index (χ3n) is 5.56. The number of ether oxygens (including phenoxy) is 1. The Morgan fingerprint density at radius 2 is 2.09 bits per heavy atom. The normalized spacial score (nSPS) is 16.9. The van der Waals surface area contributed by atoms with Gasteiger partial charge in [-0.15, -0.1) is 0 Å². The number of alkyl halides is 3. The molecule has 4 rings (SSSR count). The van der Waals surface area contributed by atoms with E-state index < -0.39 is 17.3 Å². The minimum absolute atomic E-state index is 0.181. The molecule has 1 fully saturated rings. The zero-order valence-corrected chi connectivity index (χ0v) is 17.2. The van der Waals surface area contributed by atoms with Crippen LogP contribution in [0.15, 0.2) is 42.7 Å². The molecule has 166 valence electrons. The highest BCUT2D eigenvalue weighted by molar-refractivity contribution is 5.97. The highest BCUT2D eigenvalue weighted by atomic mass is 19.4. The second kappa shape index (κ2) is 8.51. The summed E-state index contributed by atoms with van der Waals surface area (Å²) in [5, 5.41) is 9.02. The number of aromatic amines is 1. The third kappa shape index (κ3) is 4.11. The monoisotopic (exact) mass is 443 g/mol. The van der Waals surface area contributed by atoms with Crippen LogP contribution >= 0.6 is 0 Å². The van der Waals surface area contributed by atoms with Gasteiger partial charge in [0.1, 0.15) is 0 Å². The van der Waals surface area contributed by atoms with Gasteiger partial charge in [-0.05, 0) is 36.4 Å². The minimum atomic E-state index is -4.63. The summed E-state index contributed by atoms with van der Waals surface area (Å²) < 4.78 is 45.4. The summed E-state index contributed by atoms with van der Waals surface area (Å²) in [5.41, 5.74) is 0.957. The van der Waals surface area contributed by atoms with Crippen molar-refractivity contribution in [2.24, 2.45) is 0 Å². The van der Waals surface area contributed by atoms with Gasteiger partial charge in [0.25, 0.3) is 5.91 Å². The zero-order chi connectivity index (χ0) is 22.9. The maximum Gasteiger partial charge on any atom is 0.417 e. The van der Waals surface area contributed by atoms with Crippen molar-refractivity contribution in [3.8, 4) is 6.07 Å². The van der Waals surface area contributed by atoms with E-state index in [1.54, 1.807) is 40.4 Å². The summed E-state index contributed by atoms with van der Waals surface area (Å²) in [4.78, 5) is 23.8. The average Bonchev–Trinajstić information content (AvgIpc) is 3.26. The molecule has 0 aliphatic carbocycles. The lowest BCUT2D eigenvalue weighted by molar-refractivity contribution is -0.137. The number of nitriles is 1. The van der Waals surface area contributed by atoms with Crippen molar-refractivity contribution >= 4 is 22.6 Å². The van der Waals surface area contributed by atoms with Gasteiger partial charge in [-0.1, -0.05) is 0 Å². The number of nitrogens with one attached hydrogen (secondary N) is 1. The van der Waals surface area contributed by atoms with Gasteiger partial charge in [0.15, 0.2) is 0 Å². The number of piperazine rings is 1. The van der Waals surface area contributed by atoms with Gasteiger partial charge >= 0.3 is 6.18 Å². The largest absolute Gasteiger partial charge is 0.417 e. The summed E-state index contributed by atoms with van der Waals surface area (Å²) in [6, 6.07) is 10.1. The van der Waals surface area contributed by atoms with E-state index in [-0.39, 0.29) is 18.6 Å². The van der Waals surface area contributed by atoms with E-state index in [1.807, 2.05) is 0 Å². The second-order valence-corrected chi connectivity index (χ2v) is 7.53. The van der Waals surface area contributed by atoms with Crippen LogP contribution < -0.4 is 4.90 Å². The minimum Gasteiger partial charge on any atom is -0.382 e. The first-order chi connectivity index (χ1) is 15.3. The molecule has 1 aliphatic rings. The molecule has 1 aliphatic heterocycles. The summed E-state index contributed by atoms with van der Waals surface area (Å²) in [5.74, 6) is -0.181. The van der Waals surface area contributed by atoms with E-state index >= 15 is 0 Å². The lowest BCUT2D eigenvalue weighted by Crippen LogP contribution is -2.57. The number of hydrogen-bond acceptors (Lipinski definition) is 5. The Kier molecular flexibility index (Phi) is 5.76. The van der Waals surface area contributed by atoms with Gasteiger partial charge in [-0.25, -0.2) is 4.98 Å². The van der Waals surface area contributed by atoms with Crippen molar-refractivity contribution in [3.63, 3.8) is 0 Å². The number of methoxy groups -OCH3 is 1. The Labute approximate surface area is 182 Å². The predicted octanol–water partition coefficient (Wildman–Crippen LogP) is 3.43.